The van der Waals surface area contributed by atoms with Gasteiger partial charge in [-0.1, -0.05) is 0 Å². The number of hydrogen-bond donors (Lipinski definition) is 6. The van der Waals surface area contributed by atoms with Crippen LogP contribution < -0.4 is 32.3 Å². The highest BCUT2D eigenvalue weighted by atomic mass is 16.6. The van der Waals surface area contributed by atoms with Crippen molar-refractivity contribution in [3.05, 3.63) is 0 Å². The molecule has 0 aliphatic carbocycles. The maximum absolute atomic E-state index is 12.4. The molecule has 7 N–H and O–H groups in total. The van der Waals surface area contributed by atoms with Crippen molar-refractivity contribution >= 4 is 35.8 Å². The molecule has 36 heavy (non-hydrogen) atoms. The van der Waals surface area contributed by atoms with E-state index in [0.29, 0.717) is 19.4 Å². The van der Waals surface area contributed by atoms with Crippen molar-refractivity contribution in [3.63, 3.8) is 0 Å². The van der Waals surface area contributed by atoms with E-state index in [2.05, 4.69) is 26.6 Å². The Hall–Kier alpha value is -3.58. The van der Waals surface area contributed by atoms with E-state index in [1.807, 2.05) is 0 Å². The Labute approximate surface area is 211 Å². The lowest BCUT2D eigenvalue weighted by Crippen LogP contribution is -2.51. The highest BCUT2D eigenvalue weighted by Gasteiger charge is 2.22. The number of rotatable bonds is 13. The summed E-state index contributed by atoms with van der Waals surface area (Å²) in [5, 5.41) is 12.0. The van der Waals surface area contributed by atoms with E-state index in [-0.39, 0.29) is 6.42 Å². The average molecular weight is 517 g/mol. The van der Waals surface area contributed by atoms with Gasteiger partial charge in [0.1, 0.15) is 23.8 Å². The molecule has 0 fully saturated rings. The average Bonchev–Trinajstić information content (AvgIpc) is 2.70. The normalized spacial score (nSPS) is 11.9. The van der Waals surface area contributed by atoms with Crippen molar-refractivity contribution in [3.8, 4) is 0 Å². The van der Waals surface area contributed by atoms with Crippen LogP contribution >= 0.6 is 0 Å². The molecule has 0 aliphatic rings. The van der Waals surface area contributed by atoms with Gasteiger partial charge < -0.3 is 41.8 Å². The number of alkyl carbamates (subject to hydrolysis) is 2. The van der Waals surface area contributed by atoms with Gasteiger partial charge in [-0.25, -0.2) is 9.59 Å². The lowest BCUT2D eigenvalue weighted by molar-refractivity contribution is -0.130. The second-order valence-corrected chi connectivity index (χ2v) is 9.86. The first-order valence-electron chi connectivity index (χ1n) is 11.5. The number of hydrogen-bond acceptors (Lipinski definition) is 8. The van der Waals surface area contributed by atoms with Crippen LogP contribution in [0.4, 0.5) is 9.59 Å². The van der Waals surface area contributed by atoms with E-state index in [1.54, 1.807) is 41.5 Å². The lowest BCUT2D eigenvalue weighted by Gasteiger charge is -2.20. The van der Waals surface area contributed by atoms with Gasteiger partial charge in [0.2, 0.25) is 23.6 Å². The lowest BCUT2D eigenvalue weighted by atomic mass is 10.1. The molecular weight excluding hydrogens is 476 g/mol. The number of carbonyl (C=O) groups is 6. The maximum Gasteiger partial charge on any atom is 0.408 e. The minimum Gasteiger partial charge on any atom is -0.444 e. The van der Waals surface area contributed by atoms with Crippen molar-refractivity contribution in [2.75, 3.05) is 26.2 Å². The zero-order valence-corrected chi connectivity index (χ0v) is 21.9. The summed E-state index contributed by atoms with van der Waals surface area (Å²) in [5.41, 5.74) is 3.69. The summed E-state index contributed by atoms with van der Waals surface area (Å²) in [7, 11) is 0. The fourth-order valence-corrected chi connectivity index (χ4v) is 2.50. The van der Waals surface area contributed by atoms with Crippen LogP contribution in [0.15, 0.2) is 0 Å². The molecule has 0 spiro atoms. The minimum atomic E-state index is -1.00. The summed E-state index contributed by atoms with van der Waals surface area (Å²) in [6, 6.07) is -1.00. The fourth-order valence-electron chi connectivity index (χ4n) is 2.50. The van der Waals surface area contributed by atoms with E-state index < -0.39 is 72.7 Å². The van der Waals surface area contributed by atoms with Gasteiger partial charge in [0.05, 0.1) is 13.1 Å². The van der Waals surface area contributed by atoms with Crippen molar-refractivity contribution in [2.24, 2.45) is 5.73 Å². The summed E-state index contributed by atoms with van der Waals surface area (Å²) >= 11 is 0. The summed E-state index contributed by atoms with van der Waals surface area (Å²) in [6.45, 7) is 9.26. The molecule has 6 amide bonds. The molecule has 0 aromatic carbocycles. The van der Waals surface area contributed by atoms with E-state index in [1.165, 1.54) is 0 Å². The van der Waals surface area contributed by atoms with Gasteiger partial charge in [-0.15, -0.1) is 0 Å². The molecule has 0 aromatic rings. The SMILES string of the molecule is CC(C)(C)OC(=O)NCCCC[C@H](NC(=O)CNC(=O)CNC(=O)OC(C)(C)C)C(=O)NCC(N)=O. The Morgan fingerprint density at radius 3 is 1.75 bits per heavy atom. The zero-order chi connectivity index (χ0) is 27.9. The van der Waals surface area contributed by atoms with Crippen LogP contribution in [0.3, 0.4) is 0 Å². The van der Waals surface area contributed by atoms with Gasteiger partial charge in [-0.3, -0.25) is 19.2 Å². The van der Waals surface area contributed by atoms with Gasteiger partial charge in [0.15, 0.2) is 0 Å². The zero-order valence-electron chi connectivity index (χ0n) is 21.9. The molecule has 14 heteroatoms. The molecule has 0 saturated carbocycles. The summed E-state index contributed by atoms with van der Waals surface area (Å²) in [6.07, 6.45) is -0.225. The Morgan fingerprint density at radius 2 is 1.22 bits per heavy atom. The second kappa shape index (κ2) is 15.4. The van der Waals surface area contributed by atoms with Crippen molar-refractivity contribution in [1.82, 2.24) is 26.6 Å². The molecular formula is C22H40N6O8. The first-order chi connectivity index (χ1) is 16.5. The summed E-state index contributed by atoms with van der Waals surface area (Å²) in [5.74, 6) is -2.68. The smallest absolute Gasteiger partial charge is 0.408 e. The highest BCUT2D eigenvalue weighted by molar-refractivity contribution is 5.92. The molecule has 0 unspecified atom stereocenters. The van der Waals surface area contributed by atoms with Crippen LogP contribution in [0, 0.1) is 0 Å². The quantitative estimate of drug-likeness (QED) is 0.174. The predicted octanol–water partition coefficient (Wildman–Crippen LogP) is -0.591. The molecule has 14 nitrogen and oxygen atoms in total. The number of unbranched alkanes of at least 4 members (excludes halogenated alkanes) is 1. The van der Waals surface area contributed by atoms with E-state index >= 15 is 0 Å². The minimum absolute atomic E-state index is 0.195. The van der Waals surface area contributed by atoms with Gasteiger partial charge in [-0.2, -0.15) is 0 Å². The monoisotopic (exact) mass is 516 g/mol. The number of nitrogens with one attached hydrogen (secondary N) is 5. The van der Waals surface area contributed by atoms with E-state index in [0.717, 1.165) is 0 Å². The van der Waals surface area contributed by atoms with E-state index in [9.17, 15) is 28.8 Å². The molecule has 0 aromatic heterocycles. The van der Waals surface area contributed by atoms with Crippen LogP contribution in [-0.4, -0.2) is 79.2 Å². The third kappa shape index (κ3) is 18.8. The maximum atomic E-state index is 12.4. The van der Waals surface area contributed by atoms with Gasteiger partial charge >= 0.3 is 12.2 Å². The highest BCUT2D eigenvalue weighted by Crippen LogP contribution is 2.07. The Balaban J connectivity index is 4.60. The number of amides is 6. The standard InChI is InChI=1S/C22H40N6O8/c1-21(2,3)35-19(33)24-10-8-7-9-14(18(32)26-11-15(23)29)28-17(31)13-25-16(30)12-27-20(34)36-22(4,5)6/h14H,7-13H2,1-6H3,(H2,23,29)(H,24,33)(H,25,30)(H,26,32)(H,27,34)(H,28,31)/t14-/m0/s1. The van der Waals surface area contributed by atoms with Gasteiger partial charge in [0.25, 0.3) is 0 Å². The second-order valence-electron chi connectivity index (χ2n) is 9.86. The third-order valence-electron chi connectivity index (χ3n) is 3.91. The molecule has 0 aliphatic heterocycles. The molecule has 0 rings (SSSR count). The molecule has 0 saturated heterocycles. The van der Waals surface area contributed by atoms with E-state index in [4.69, 9.17) is 15.2 Å². The van der Waals surface area contributed by atoms with Gasteiger partial charge in [-0.05, 0) is 60.8 Å². The summed E-state index contributed by atoms with van der Waals surface area (Å²) in [4.78, 5) is 70.7. The largest absolute Gasteiger partial charge is 0.444 e. The van der Waals surface area contributed by atoms with Crippen molar-refractivity contribution in [1.29, 1.82) is 0 Å². The number of primary amides is 1. The van der Waals surface area contributed by atoms with Crippen molar-refractivity contribution in [2.45, 2.75) is 78.0 Å². The first kappa shape index (κ1) is 32.4. The molecule has 0 heterocycles. The molecule has 0 radical (unpaired) electrons. The topological polar surface area (TPSA) is 207 Å². The Morgan fingerprint density at radius 1 is 0.694 bits per heavy atom. The fraction of sp³-hybridized carbons (Fsp3) is 0.727. The Kier molecular flexibility index (Phi) is 13.9. The van der Waals surface area contributed by atoms with Crippen LogP contribution in [0.1, 0.15) is 60.8 Å². The molecule has 206 valence electrons. The third-order valence-corrected chi connectivity index (χ3v) is 3.91. The number of nitrogens with two attached hydrogens (primary N) is 1. The first-order valence-corrected chi connectivity index (χ1v) is 11.5. The molecule has 1 atom stereocenters. The van der Waals surface area contributed by atoms with Gasteiger partial charge in [0, 0.05) is 6.54 Å². The molecule has 0 bridgehead atoms. The summed E-state index contributed by atoms with van der Waals surface area (Å²) < 4.78 is 10.1. The van der Waals surface area contributed by atoms with Crippen molar-refractivity contribution < 1.29 is 38.2 Å². The Bertz CT molecular complexity index is 788. The van der Waals surface area contributed by atoms with Crippen LogP contribution in [0.25, 0.3) is 0 Å². The number of ether oxygens (including phenoxy) is 2. The predicted molar refractivity (Wildman–Crippen MR) is 129 cm³/mol. The number of carbonyl (C=O) groups excluding carboxylic acids is 6. The van der Waals surface area contributed by atoms with Crippen LogP contribution in [0.5, 0.6) is 0 Å². The van der Waals surface area contributed by atoms with Crippen LogP contribution in [0.2, 0.25) is 0 Å². The van der Waals surface area contributed by atoms with Crippen LogP contribution in [-0.2, 0) is 28.7 Å².